The monoisotopic (exact) mass is 245 g/mol. The summed E-state index contributed by atoms with van der Waals surface area (Å²) in [4.78, 5) is 24.5. The largest absolute Gasteiger partial charge is 0.496 e. The number of nitrogens with zero attached hydrogens (tertiary/aromatic N) is 1. The molecule has 0 unspecified atom stereocenters. The van der Waals surface area contributed by atoms with E-state index >= 15 is 0 Å². The highest BCUT2D eigenvalue weighted by Gasteiger charge is 2.27. The number of benzene rings is 1. The normalized spacial score (nSPS) is 15.0. The van der Waals surface area contributed by atoms with Crippen LogP contribution in [0, 0.1) is 0 Å². The maximum absolute atomic E-state index is 11.7. The van der Waals surface area contributed by atoms with E-state index in [9.17, 15) is 9.59 Å². The summed E-state index contributed by atoms with van der Waals surface area (Å²) in [7, 11) is 1.61. The summed E-state index contributed by atoms with van der Waals surface area (Å²) in [5, 5.41) is 0. The summed E-state index contributed by atoms with van der Waals surface area (Å²) in [6.45, 7) is 2.04. The number of hydrogen-bond donors (Lipinski definition) is 0. The Morgan fingerprint density at radius 2 is 1.94 bits per heavy atom. The Morgan fingerprint density at radius 1 is 1.22 bits per heavy atom. The number of hydrogen-bond acceptors (Lipinski definition) is 3. The van der Waals surface area contributed by atoms with Crippen LogP contribution in [0.3, 0.4) is 0 Å². The highest BCUT2D eigenvalue weighted by molar-refractivity contribution is 6.15. The molecule has 0 radical (unpaired) electrons. The molecule has 0 aliphatic carbocycles. The standard InChI is InChI=1S/C14H15NO3/c1-10-9-13(16)15(14(10)17)8-7-11-5-3-4-6-12(11)18-2/h3-6,9H,7-8H2,1-2H3. The van der Waals surface area contributed by atoms with Crippen molar-refractivity contribution in [3.05, 3.63) is 41.5 Å². The van der Waals surface area contributed by atoms with E-state index in [0.29, 0.717) is 18.5 Å². The number of para-hydroxylation sites is 1. The van der Waals surface area contributed by atoms with Crippen LogP contribution in [0.25, 0.3) is 0 Å². The maximum atomic E-state index is 11.7. The topological polar surface area (TPSA) is 46.6 Å². The molecule has 0 saturated carbocycles. The van der Waals surface area contributed by atoms with Crippen LogP contribution in [0.15, 0.2) is 35.9 Å². The Kier molecular flexibility index (Phi) is 3.46. The molecule has 2 rings (SSSR count). The molecule has 0 spiro atoms. The van der Waals surface area contributed by atoms with E-state index in [1.807, 2.05) is 24.3 Å². The molecule has 0 atom stereocenters. The lowest BCUT2D eigenvalue weighted by Gasteiger charge is -2.15. The van der Waals surface area contributed by atoms with Gasteiger partial charge >= 0.3 is 0 Å². The first-order valence-electron chi connectivity index (χ1n) is 5.79. The van der Waals surface area contributed by atoms with Crippen molar-refractivity contribution in [2.45, 2.75) is 13.3 Å². The second-order valence-corrected chi connectivity index (χ2v) is 4.18. The molecule has 0 N–H and O–H groups in total. The van der Waals surface area contributed by atoms with Gasteiger partial charge < -0.3 is 4.74 Å². The van der Waals surface area contributed by atoms with Crippen LogP contribution in [0.4, 0.5) is 0 Å². The summed E-state index contributed by atoms with van der Waals surface area (Å²) < 4.78 is 5.23. The smallest absolute Gasteiger partial charge is 0.256 e. The number of ether oxygens (including phenoxy) is 1. The van der Waals surface area contributed by atoms with Crippen LogP contribution in [0.5, 0.6) is 5.75 Å². The van der Waals surface area contributed by atoms with E-state index in [4.69, 9.17) is 4.74 Å². The predicted molar refractivity (Wildman–Crippen MR) is 67.2 cm³/mol. The van der Waals surface area contributed by atoms with Gasteiger partial charge in [0.05, 0.1) is 7.11 Å². The van der Waals surface area contributed by atoms with Gasteiger partial charge in [-0.2, -0.15) is 0 Å². The molecule has 0 saturated heterocycles. The van der Waals surface area contributed by atoms with Crippen molar-refractivity contribution < 1.29 is 14.3 Å². The van der Waals surface area contributed by atoms with Gasteiger partial charge in [0.25, 0.3) is 11.8 Å². The zero-order chi connectivity index (χ0) is 13.1. The van der Waals surface area contributed by atoms with Crippen molar-refractivity contribution >= 4 is 11.8 Å². The molecule has 1 aromatic carbocycles. The van der Waals surface area contributed by atoms with Gasteiger partial charge in [-0.3, -0.25) is 14.5 Å². The van der Waals surface area contributed by atoms with Crippen molar-refractivity contribution in [1.82, 2.24) is 4.90 Å². The average Bonchev–Trinajstić information content (AvgIpc) is 2.62. The van der Waals surface area contributed by atoms with Crippen LogP contribution >= 0.6 is 0 Å². The number of rotatable bonds is 4. The van der Waals surface area contributed by atoms with E-state index in [0.717, 1.165) is 11.3 Å². The molecule has 4 nitrogen and oxygen atoms in total. The summed E-state index contributed by atoms with van der Waals surface area (Å²) >= 11 is 0. The first-order valence-corrected chi connectivity index (χ1v) is 5.79. The third-order valence-electron chi connectivity index (χ3n) is 2.99. The minimum Gasteiger partial charge on any atom is -0.496 e. The van der Waals surface area contributed by atoms with E-state index in [-0.39, 0.29) is 11.8 Å². The fraction of sp³-hybridized carbons (Fsp3) is 0.286. The van der Waals surface area contributed by atoms with Crippen LogP contribution in [-0.4, -0.2) is 30.4 Å². The van der Waals surface area contributed by atoms with E-state index in [2.05, 4.69) is 0 Å². The molecule has 1 aliphatic heterocycles. The van der Waals surface area contributed by atoms with Gasteiger partial charge in [0.2, 0.25) is 0 Å². The van der Waals surface area contributed by atoms with Crippen LogP contribution in [-0.2, 0) is 16.0 Å². The molecular weight excluding hydrogens is 230 g/mol. The Balaban J connectivity index is 2.05. The van der Waals surface area contributed by atoms with Crippen molar-refractivity contribution in [2.24, 2.45) is 0 Å². The van der Waals surface area contributed by atoms with Crippen molar-refractivity contribution in [1.29, 1.82) is 0 Å². The van der Waals surface area contributed by atoms with Crippen molar-refractivity contribution in [3.8, 4) is 5.75 Å². The molecule has 0 aromatic heterocycles. The average molecular weight is 245 g/mol. The summed E-state index contributed by atoms with van der Waals surface area (Å²) in [6, 6.07) is 7.60. The zero-order valence-electron chi connectivity index (χ0n) is 10.5. The molecule has 1 aliphatic rings. The zero-order valence-corrected chi connectivity index (χ0v) is 10.5. The van der Waals surface area contributed by atoms with Crippen LogP contribution in [0.1, 0.15) is 12.5 Å². The minimum absolute atomic E-state index is 0.199. The summed E-state index contributed by atoms with van der Waals surface area (Å²) in [6.07, 6.45) is 1.98. The SMILES string of the molecule is COc1ccccc1CCN1C(=O)C=C(C)C1=O. The minimum atomic E-state index is -0.229. The number of imide groups is 1. The van der Waals surface area contributed by atoms with Gasteiger partial charge in [0.15, 0.2) is 0 Å². The Bertz CT molecular complexity index is 520. The molecule has 2 amide bonds. The van der Waals surface area contributed by atoms with Crippen LogP contribution in [0.2, 0.25) is 0 Å². The van der Waals surface area contributed by atoms with E-state index < -0.39 is 0 Å². The first-order chi connectivity index (χ1) is 8.63. The highest BCUT2D eigenvalue weighted by Crippen LogP contribution is 2.19. The lowest BCUT2D eigenvalue weighted by Crippen LogP contribution is -2.32. The molecular formula is C14H15NO3. The maximum Gasteiger partial charge on any atom is 0.256 e. The van der Waals surface area contributed by atoms with Crippen LogP contribution < -0.4 is 4.74 Å². The predicted octanol–water partition coefficient (Wildman–Crippen LogP) is 1.55. The third kappa shape index (κ3) is 2.27. The second kappa shape index (κ2) is 5.04. The lowest BCUT2D eigenvalue weighted by atomic mass is 10.1. The summed E-state index contributed by atoms with van der Waals surface area (Å²) in [5.41, 5.74) is 1.49. The van der Waals surface area contributed by atoms with E-state index in [1.54, 1.807) is 14.0 Å². The molecule has 0 fully saturated rings. The Hall–Kier alpha value is -2.10. The van der Waals surface area contributed by atoms with Gasteiger partial charge in [-0.1, -0.05) is 18.2 Å². The molecule has 0 bridgehead atoms. The fourth-order valence-electron chi connectivity index (χ4n) is 1.99. The van der Waals surface area contributed by atoms with Crippen molar-refractivity contribution in [2.75, 3.05) is 13.7 Å². The number of carbonyl (C=O) groups is 2. The molecule has 1 aromatic rings. The second-order valence-electron chi connectivity index (χ2n) is 4.18. The van der Waals surface area contributed by atoms with E-state index in [1.165, 1.54) is 11.0 Å². The summed E-state index contributed by atoms with van der Waals surface area (Å²) in [5.74, 6) is 0.351. The van der Waals surface area contributed by atoms with Gasteiger partial charge in [-0.15, -0.1) is 0 Å². The first kappa shape index (κ1) is 12.4. The third-order valence-corrected chi connectivity index (χ3v) is 2.99. The molecule has 94 valence electrons. The Labute approximate surface area is 106 Å². The fourth-order valence-corrected chi connectivity index (χ4v) is 1.99. The number of carbonyl (C=O) groups excluding carboxylic acids is 2. The van der Waals surface area contributed by atoms with Crippen molar-refractivity contribution in [3.63, 3.8) is 0 Å². The molecule has 18 heavy (non-hydrogen) atoms. The lowest BCUT2D eigenvalue weighted by molar-refractivity contribution is -0.137. The quantitative estimate of drug-likeness (QED) is 0.756. The molecule has 4 heteroatoms. The van der Waals surface area contributed by atoms with Gasteiger partial charge in [-0.25, -0.2) is 0 Å². The van der Waals surface area contributed by atoms with Gasteiger partial charge in [0, 0.05) is 18.2 Å². The number of methoxy groups -OCH3 is 1. The number of amides is 2. The van der Waals surface area contributed by atoms with Gasteiger partial charge in [-0.05, 0) is 25.0 Å². The van der Waals surface area contributed by atoms with Gasteiger partial charge in [0.1, 0.15) is 5.75 Å². The Morgan fingerprint density at radius 3 is 2.56 bits per heavy atom. The molecule has 1 heterocycles. The highest BCUT2D eigenvalue weighted by atomic mass is 16.5.